The summed E-state index contributed by atoms with van der Waals surface area (Å²) in [4.78, 5) is 38.5. The number of hydrogen-bond acceptors (Lipinski definition) is 10. The van der Waals surface area contributed by atoms with Gasteiger partial charge in [0.2, 0.25) is 0 Å². The quantitative estimate of drug-likeness (QED) is 0.140. The topological polar surface area (TPSA) is 178 Å². The van der Waals surface area contributed by atoms with Crippen molar-refractivity contribution in [3.05, 3.63) is 98.3 Å². The lowest BCUT2D eigenvalue weighted by Gasteiger charge is -2.26. The summed E-state index contributed by atoms with van der Waals surface area (Å²) in [5, 5.41) is 24.7. The third-order valence-corrected chi connectivity index (χ3v) is 8.09. The van der Waals surface area contributed by atoms with Crippen LogP contribution in [-0.2, 0) is 30.0 Å². The summed E-state index contributed by atoms with van der Waals surface area (Å²) in [6.07, 6.45) is 1.57. The van der Waals surface area contributed by atoms with Gasteiger partial charge in [0.05, 0.1) is 6.61 Å². The SMILES string of the molecule is C#C[C@@]1(O)[C@H](O)[C@@H](COP(=O)(N[C@@H](C)C(=O)OCc2ccccc2)Oc2ccc(Cl)cc2)O[C@H]1n1ccc(=O)[nH]c1=O. The molecule has 13 nitrogen and oxygen atoms in total. The van der Waals surface area contributed by atoms with E-state index in [4.69, 9.17) is 36.5 Å². The van der Waals surface area contributed by atoms with Crippen molar-refractivity contribution < 1.29 is 38.1 Å². The van der Waals surface area contributed by atoms with Crippen molar-refractivity contribution >= 4 is 25.3 Å². The van der Waals surface area contributed by atoms with Crippen LogP contribution in [-0.4, -0.2) is 56.2 Å². The molecule has 1 aromatic heterocycles. The Morgan fingerprint density at radius 1 is 1.24 bits per heavy atom. The average Bonchev–Trinajstić information content (AvgIpc) is 3.22. The maximum absolute atomic E-state index is 13.9. The fourth-order valence-electron chi connectivity index (χ4n) is 3.99. The number of esters is 1. The number of aliphatic hydroxyl groups excluding tert-OH is 1. The van der Waals surface area contributed by atoms with Gasteiger partial charge >= 0.3 is 19.4 Å². The molecule has 0 saturated carbocycles. The standard InChI is InChI=1S/C27H27ClN3O10P/c1-3-27(36)23(33)21(40-25(27)31-14-13-22(32)29-26(31)35)16-39-42(37,41-20-11-9-19(28)10-12-20)30-17(2)24(34)38-15-18-7-5-4-6-8-18/h1,4-14,17,21,23,25,33,36H,15-16H2,2H3,(H,30,37)(H,29,32,35)/t17-,21+,23+,25+,27+,42?/m0/s1. The molecule has 3 aromatic rings. The van der Waals surface area contributed by atoms with Crippen molar-refractivity contribution in [3.8, 4) is 18.1 Å². The number of rotatable bonds is 11. The highest BCUT2D eigenvalue weighted by Crippen LogP contribution is 2.47. The highest BCUT2D eigenvalue weighted by Gasteiger charge is 2.56. The first-order chi connectivity index (χ1) is 19.9. The van der Waals surface area contributed by atoms with E-state index in [1.165, 1.54) is 31.2 Å². The van der Waals surface area contributed by atoms with Crippen molar-refractivity contribution in [1.29, 1.82) is 0 Å². The molecule has 2 heterocycles. The van der Waals surface area contributed by atoms with Crippen LogP contribution in [0.3, 0.4) is 0 Å². The highest BCUT2D eigenvalue weighted by atomic mass is 35.5. The van der Waals surface area contributed by atoms with Crippen molar-refractivity contribution in [1.82, 2.24) is 14.6 Å². The smallest absolute Gasteiger partial charge is 0.459 e. The van der Waals surface area contributed by atoms with E-state index in [0.29, 0.717) is 5.02 Å². The molecule has 1 aliphatic heterocycles. The molecule has 222 valence electrons. The van der Waals surface area contributed by atoms with Crippen molar-refractivity contribution in [2.24, 2.45) is 0 Å². The molecule has 1 aliphatic rings. The molecule has 0 aliphatic carbocycles. The van der Waals surface area contributed by atoms with Gasteiger partial charge in [0, 0.05) is 17.3 Å². The minimum Gasteiger partial charge on any atom is -0.460 e. The second kappa shape index (κ2) is 13.1. The molecular formula is C27H27ClN3O10P. The first-order valence-corrected chi connectivity index (χ1v) is 14.4. The summed E-state index contributed by atoms with van der Waals surface area (Å²) in [6.45, 7) is 0.655. The number of halogens is 1. The normalized spacial score (nSPS) is 23.8. The Morgan fingerprint density at radius 2 is 1.93 bits per heavy atom. The second-order valence-electron chi connectivity index (χ2n) is 9.24. The van der Waals surface area contributed by atoms with E-state index in [1.54, 1.807) is 24.3 Å². The molecule has 0 amide bonds. The van der Waals surface area contributed by atoms with Crippen LogP contribution in [0.1, 0.15) is 18.7 Å². The summed E-state index contributed by atoms with van der Waals surface area (Å²) in [5.41, 5.74) is -3.38. The zero-order valence-corrected chi connectivity index (χ0v) is 23.7. The van der Waals surface area contributed by atoms with Crippen LogP contribution in [0, 0.1) is 12.3 Å². The molecule has 1 fully saturated rings. The number of aromatic amines is 1. The van der Waals surface area contributed by atoms with Crippen molar-refractivity contribution in [2.75, 3.05) is 6.61 Å². The molecular weight excluding hydrogens is 593 g/mol. The Bertz CT molecular complexity index is 1610. The summed E-state index contributed by atoms with van der Waals surface area (Å²) >= 11 is 5.92. The van der Waals surface area contributed by atoms with Gasteiger partial charge in [0.1, 0.15) is 30.6 Å². The number of nitrogens with zero attached hydrogens (tertiary/aromatic N) is 1. The zero-order valence-electron chi connectivity index (χ0n) is 22.1. The predicted molar refractivity (Wildman–Crippen MR) is 149 cm³/mol. The Kier molecular flexibility index (Phi) is 9.71. The first-order valence-electron chi connectivity index (χ1n) is 12.5. The van der Waals surface area contributed by atoms with E-state index in [0.717, 1.165) is 22.4 Å². The Balaban J connectivity index is 1.52. The number of H-pyrrole nitrogens is 1. The number of benzene rings is 2. The number of aliphatic hydroxyl groups is 2. The van der Waals surface area contributed by atoms with Crippen LogP contribution < -0.4 is 20.9 Å². The van der Waals surface area contributed by atoms with Gasteiger partial charge < -0.3 is 24.2 Å². The van der Waals surface area contributed by atoms with Crippen LogP contribution in [0.4, 0.5) is 0 Å². The number of nitrogens with one attached hydrogen (secondary N) is 2. The monoisotopic (exact) mass is 619 g/mol. The van der Waals surface area contributed by atoms with Crippen molar-refractivity contribution in [2.45, 2.75) is 43.6 Å². The number of carbonyl (C=O) groups excluding carboxylic acids is 1. The lowest BCUT2D eigenvalue weighted by molar-refractivity contribution is -0.146. The van der Waals surface area contributed by atoms with Gasteiger partial charge in [-0.05, 0) is 36.8 Å². The van der Waals surface area contributed by atoms with E-state index in [-0.39, 0.29) is 12.4 Å². The summed E-state index contributed by atoms with van der Waals surface area (Å²) in [7, 11) is -4.43. The van der Waals surface area contributed by atoms with E-state index in [1.807, 2.05) is 17.0 Å². The minimum atomic E-state index is -4.43. The van der Waals surface area contributed by atoms with E-state index >= 15 is 0 Å². The fraction of sp³-hybridized carbons (Fsp3) is 0.296. The summed E-state index contributed by atoms with van der Waals surface area (Å²) in [6, 6.07) is 14.5. The van der Waals surface area contributed by atoms with Gasteiger partial charge in [0.15, 0.2) is 11.8 Å². The Labute approximate surface area is 244 Å². The maximum Gasteiger partial charge on any atom is 0.459 e. The number of carbonyl (C=O) groups is 1. The molecule has 1 unspecified atom stereocenters. The fourth-order valence-corrected chi connectivity index (χ4v) is 5.62. The molecule has 2 aromatic carbocycles. The van der Waals surface area contributed by atoms with Crippen LogP contribution >= 0.6 is 19.3 Å². The van der Waals surface area contributed by atoms with Gasteiger partial charge in [-0.1, -0.05) is 47.9 Å². The minimum absolute atomic E-state index is 0.0345. The van der Waals surface area contributed by atoms with E-state index in [9.17, 15) is 29.2 Å². The van der Waals surface area contributed by atoms with Crippen molar-refractivity contribution in [3.63, 3.8) is 0 Å². The van der Waals surface area contributed by atoms with Crippen LogP contribution in [0.25, 0.3) is 0 Å². The molecule has 6 atom stereocenters. The van der Waals surface area contributed by atoms with Gasteiger partial charge in [-0.2, -0.15) is 5.09 Å². The van der Waals surface area contributed by atoms with Gasteiger partial charge in [0.25, 0.3) is 5.56 Å². The van der Waals surface area contributed by atoms with Crippen LogP contribution in [0.15, 0.2) is 76.4 Å². The Hall–Kier alpha value is -3.73. The molecule has 4 N–H and O–H groups in total. The predicted octanol–water partition coefficient (Wildman–Crippen LogP) is 1.74. The first kappa shape index (κ1) is 31.2. The molecule has 0 spiro atoms. The number of terminal acetylenes is 1. The largest absolute Gasteiger partial charge is 0.460 e. The molecule has 0 radical (unpaired) electrons. The summed E-state index contributed by atoms with van der Waals surface area (Å²) in [5.74, 6) is 1.31. The molecule has 4 rings (SSSR count). The van der Waals surface area contributed by atoms with Gasteiger partial charge in [-0.25, -0.2) is 9.36 Å². The molecule has 1 saturated heterocycles. The average molecular weight is 620 g/mol. The van der Waals surface area contributed by atoms with Gasteiger partial charge in [-0.3, -0.25) is 23.7 Å². The maximum atomic E-state index is 13.9. The summed E-state index contributed by atoms with van der Waals surface area (Å²) < 4.78 is 36.7. The molecule has 0 bridgehead atoms. The zero-order chi connectivity index (χ0) is 30.5. The number of hydrogen-bond donors (Lipinski definition) is 4. The second-order valence-corrected chi connectivity index (χ2v) is 11.4. The lowest BCUT2D eigenvalue weighted by Crippen LogP contribution is -2.48. The number of ether oxygens (including phenoxy) is 2. The van der Waals surface area contributed by atoms with Gasteiger partial charge in [-0.15, -0.1) is 6.42 Å². The lowest BCUT2D eigenvalue weighted by atomic mass is 9.95. The molecule has 42 heavy (non-hydrogen) atoms. The Morgan fingerprint density at radius 3 is 2.57 bits per heavy atom. The highest BCUT2D eigenvalue weighted by molar-refractivity contribution is 7.52. The third-order valence-electron chi connectivity index (χ3n) is 6.20. The van der Waals surface area contributed by atoms with E-state index in [2.05, 4.69) is 5.09 Å². The van der Waals surface area contributed by atoms with Crippen LogP contribution in [0.5, 0.6) is 5.75 Å². The third kappa shape index (κ3) is 7.18. The molecule has 15 heteroatoms. The van der Waals surface area contributed by atoms with E-state index < -0.39 is 61.7 Å². The van der Waals surface area contributed by atoms with Crippen LogP contribution in [0.2, 0.25) is 5.02 Å². The number of aromatic nitrogens is 2.